The van der Waals surface area contributed by atoms with Crippen molar-refractivity contribution in [3.63, 3.8) is 0 Å². The summed E-state index contributed by atoms with van der Waals surface area (Å²) in [6.45, 7) is 4.63. The lowest BCUT2D eigenvalue weighted by atomic mass is 9.93. The molecule has 0 bridgehead atoms. The lowest BCUT2D eigenvalue weighted by Crippen LogP contribution is -2.24. The first-order valence-electron chi connectivity index (χ1n) is 6.97. The molecule has 0 fully saturated rings. The standard InChI is InChI=1S/C16H25N/c1-12(9-13(2)17-3)10-14-7-8-15-5-4-6-16(15)11-14/h7-8,11-13,17H,4-6,9-10H2,1-3H3. The number of rotatable bonds is 5. The number of aryl methyl sites for hydroxylation is 2. The van der Waals surface area contributed by atoms with E-state index in [1.54, 1.807) is 11.1 Å². The van der Waals surface area contributed by atoms with Gasteiger partial charge in [0.25, 0.3) is 0 Å². The van der Waals surface area contributed by atoms with E-state index in [1.165, 1.54) is 37.7 Å². The minimum absolute atomic E-state index is 0.624. The predicted octanol–water partition coefficient (Wildman–Crippen LogP) is 3.35. The fourth-order valence-electron chi connectivity index (χ4n) is 2.96. The van der Waals surface area contributed by atoms with Gasteiger partial charge in [-0.25, -0.2) is 0 Å². The van der Waals surface area contributed by atoms with Gasteiger partial charge in [-0.2, -0.15) is 0 Å². The lowest BCUT2D eigenvalue weighted by molar-refractivity contribution is 0.440. The van der Waals surface area contributed by atoms with E-state index >= 15 is 0 Å². The number of benzene rings is 1. The molecule has 94 valence electrons. The molecule has 0 aliphatic heterocycles. The zero-order chi connectivity index (χ0) is 12.3. The van der Waals surface area contributed by atoms with E-state index in [1.807, 2.05) is 7.05 Å². The molecule has 2 rings (SSSR count). The Morgan fingerprint density at radius 1 is 1.18 bits per heavy atom. The van der Waals surface area contributed by atoms with Crippen molar-refractivity contribution < 1.29 is 0 Å². The second kappa shape index (κ2) is 5.68. The van der Waals surface area contributed by atoms with Crippen molar-refractivity contribution in [2.45, 2.75) is 52.0 Å². The highest BCUT2D eigenvalue weighted by Gasteiger charge is 2.13. The maximum absolute atomic E-state index is 3.32. The van der Waals surface area contributed by atoms with Gasteiger partial charge in [0, 0.05) is 6.04 Å². The summed E-state index contributed by atoms with van der Waals surface area (Å²) < 4.78 is 0. The van der Waals surface area contributed by atoms with E-state index in [0.29, 0.717) is 6.04 Å². The highest BCUT2D eigenvalue weighted by molar-refractivity contribution is 5.35. The highest BCUT2D eigenvalue weighted by atomic mass is 14.8. The first-order chi connectivity index (χ1) is 8.19. The maximum atomic E-state index is 3.32. The molecule has 1 aromatic rings. The van der Waals surface area contributed by atoms with Gasteiger partial charge in [-0.1, -0.05) is 25.1 Å². The number of fused-ring (bicyclic) bond motifs is 1. The molecule has 2 atom stereocenters. The highest BCUT2D eigenvalue weighted by Crippen LogP contribution is 2.24. The number of hydrogen-bond donors (Lipinski definition) is 1. The van der Waals surface area contributed by atoms with Crippen LogP contribution in [0.1, 0.15) is 43.4 Å². The van der Waals surface area contributed by atoms with Crippen molar-refractivity contribution in [3.8, 4) is 0 Å². The van der Waals surface area contributed by atoms with Crippen LogP contribution in [0.25, 0.3) is 0 Å². The second-order valence-corrected chi connectivity index (χ2v) is 5.69. The molecule has 1 N–H and O–H groups in total. The van der Waals surface area contributed by atoms with Crippen molar-refractivity contribution in [1.29, 1.82) is 0 Å². The topological polar surface area (TPSA) is 12.0 Å². The molecule has 0 saturated heterocycles. The molecular weight excluding hydrogens is 206 g/mol. The summed E-state index contributed by atoms with van der Waals surface area (Å²) in [6.07, 6.45) is 6.42. The zero-order valence-electron chi connectivity index (χ0n) is 11.4. The van der Waals surface area contributed by atoms with Crippen molar-refractivity contribution in [1.82, 2.24) is 5.32 Å². The Balaban J connectivity index is 1.94. The summed E-state index contributed by atoms with van der Waals surface area (Å²) in [5.74, 6) is 0.761. The van der Waals surface area contributed by atoms with E-state index in [4.69, 9.17) is 0 Å². The van der Waals surface area contributed by atoms with E-state index in [9.17, 15) is 0 Å². The van der Waals surface area contributed by atoms with Gasteiger partial charge in [-0.15, -0.1) is 0 Å². The van der Waals surface area contributed by atoms with Gasteiger partial charge in [-0.3, -0.25) is 0 Å². The summed E-state index contributed by atoms with van der Waals surface area (Å²) in [5.41, 5.74) is 4.72. The summed E-state index contributed by atoms with van der Waals surface area (Å²) in [4.78, 5) is 0. The Morgan fingerprint density at radius 2 is 1.94 bits per heavy atom. The fraction of sp³-hybridized carbons (Fsp3) is 0.625. The first-order valence-corrected chi connectivity index (χ1v) is 6.97. The predicted molar refractivity (Wildman–Crippen MR) is 74.5 cm³/mol. The van der Waals surface area contributed by atoms with Crippen LogP contribution < -0.4 is 5.32 Å². The van der Waals surface area contributed by atoms with Crippen molar-refractivity contribution in [2.24, 2.45) is 5.92 Å². The van der Waals surface area contributed by atoms with Crippen LogP contribution in [0, 0.1) is 5.92 Å². The fourth-order valence-corrected chi connectivity index (χ4v) is 2.96. The largest absolute Gasteiger partial charge is 0.317 e. The van der Waals surface area contributed by atoms with Crippen LogP contribution in [-0.2, 0) is 19.3 Å². The summed E-state index contributed by atoms with van der Waals surface area (Å²) >= 11 is 0. The quantitative estimate of drug-likeness (QED) is 0.819. The molecule has 0 saturated carbocycles. The van der Waals surface area contributed by atoms with Gasteiger partial charge < -0.3 is 5.32 Å². The van der Waals surface area contributed by atoms with Crippen LogP contribution >= 0.6 is 0 Å². The van der Waals surface area contributed by atoms with Crippen molar-refractivity contribution in [3.05, 3.63) is 34.9 Å². The van der Waals surface area contributed by atoms with Crippen LogP contribution in [0.2, 0.25) is 0 Å². The molecule has 1 aliphatic carbocycles. The third-order valence-corrected chi connectivity index (χ3v) is 4.00. The van der Waals surface area contributed by atoms with Gasteiger partial charge in [0.2, 0.25) is 0 Å². The average molecular weight is 231 g/mol. The average Bonchev–Trinajstić information content (AvgIpc) is 2.75. The Kier molecular flexibility index (Phi) is 4.22. The molecule has 1 heteroatoms. The van der Waals surface area contributed by atoms with Crippen LogP contribution in [0.3, 0.4) is 0 Å². The SMILES string of the molecule is CNC(C)CC(C)Cc1ccc2c(c1)CCC2. The molecule has 0 amide bonds. The molecule has 0 heterocycles. The Bertz CT molecular complexity index is 370. The minimum atomic E-state index is 0.624. The van der Waals surface area contributed by atoms with Crippen molar-refractivity contribution in [2.75, 3.05) is 7.05 Å². The molecule has 0 aromatic heterocycles. The molecule has 0 spiro atoms. The molecule has 1 nitrogen and oxygen atoms in total. The number of nitrogens with one attached hydrogen (secondary N) is 1. The van der Waals surface area contributed by atoms with Gasteiger partial charge in [0.15, 0.2) is 0 Å². The third kappa shape index (κ3) is 3.32. The van der Waals surface area contributed by atoms with Gasteiger partial charge in [-0.05, 0) is 68.7 Å². The maximum Gasteiger partial charge on any atom is 0.00383 e. The van der Waals surface area contributed by atoms with Crippen molar-refractivity contribution >= 4 is 0 Å². The van der Waals surface area contributed by atoms with E-state index in [2.05, 4.69) is 37.4 Å². The molecule has 1 aliphatic rings. The summed E-state index contributed by atoms with van der Waals surface area (Å²) in [5, 5.41) is 3.32. The summed E-state index contributed by atoms with van der Waals surface area (Å²) in [6, 6.07) is 7.76. The smallest absolute Gasteiger partial charge is 0.00383 e. The Hall–Kier alpha value is -0.820. The molecule has 0 radical (unpaired) electrons. The molecule has 1 aromatic carbocycles. The van der Waals surface area contributed by atoms with Crippen LogP contribution in [0.4, 0.5) is 0 Å². The molecule has 2 unspecified atom stereocenters. The van der Waals surface area contributed by atoms with Gasteiger partial charge in [0.1, 0.15) is 0 Å². The van der Waals surface area contributed by atoms with E-state index in [0.717, 1.165) is 5.92 Å². The molecular formula is C16H25N. The van der Waals surface area contributed by atoms with Crippen LogP contribution in [-0.4, -0.2) is 13.1 Å². The Labute approximate surface area is 106 Å². The summed E-state index contributed by atoms with van der Waals surface area (Å²) in [7, 11) is 2.05. The van der Waals surface area contributed by atoms with Gasteiger partial charge >= 0.3 is 0 Å². The Morgan fingerprint density at radius 3 is 2.71 bits per heavy atom. The normalized spacial score (nSPS) is 17.8. The minimum Gasteiger partial charge on any atom is -0.317 e. The van der Waals surface area contributed by atoms with E-state index < -0.39 is 0 Å². The number of hydrogen-bond acceptors (Lipinski definition) is 1. The van der Waals surface area contributed by atoms with E-state index in [-0.39, 0.29) is 0 Å². The lowest BCUT2D eigenvalue weighted by Gasteiger charge is -2.17. The molecule has 17 heavy (non-hydrogen) atoms. The third-order valence-electron chi connectivity index (χ3n) is 4.00. The zero-order valence-corrected chi connectivity index (χ0v) is 11.4. The van der Waals surface area contributed by atoms with Crippen LogP contribution in [0.15, 0.2) is 18.2 Å². The second-order valence-electron chi connectivity index (χ2n) is 5.69. The van der Waals surface area contributed by atoms with Crippen LogP contribution in [0.5, 0.6) is 0 Å². The first kappa shape index (κ1) is 12.6. The van der Waals surface area contributed by atoms with Gasteiger partial charge in [0.05, 0.1) is 0 Å². The monoisotopic (exact) mass is 231 g/mol.